The van der Waals surface area contributed by atoms with Crippen LogP contribution in [0.1, 0.15) is 8.35 Å². The van der Waals surface area contributed by atoms with Gasteiger partial charge in [-0.05, 0) is 6.92 Å². The number of hydrogen-bond donors (Lipinski definition) is 3. The van der Waals surface area contributed by atoms with Gasteiger partial charge < -0.3 is 25.7 Å². The van der Waals surface area contributed by atoms with Gasteiger partial charge in [-0.3, -0.25) is 0 Å². The van der Waals surface area contributed by atoms with Gasteiger partial charge in [0.15, 0.2) is 0 Å². The van der Waals surface area contributed by atoms with Gasteiger partial charge in [-0.1, -0.05) is 0 Å². The summed E-state index contributed by atoms with van der Waals surface area (Å²) < 4.78 is 4.03. The second kappa shape index (κ2) is 7.13. The van der Waals surface area contributed by atoms with E-state index in [0.717, 1.165) is 0 Å². The summed E-state index contributed by atoms with van der Waals surface area (Å²) in [5.41, 5.74) is 0. The van der Waals surface area contributed by atoms with Crippen LogP contribution in [0.15, 0.2) is 0 Å². The Morgan fingerprint density at radius 3 is 1.78 bits per heavy atom. The minimum atomic E-state index is -4.16. The topological polar surface area (TPSA) is 101 Å². The second-order valence-electron chi connectivity index (χ2n) is 1.01. The molecule has 0 fully saturated rings. The summed E-state index contributed by atoms with van der Waals surface area (Å²) in [6.45, 7) is 1.68. The van der Waals surface area contributed by atoms with Gasteiger partial charge in [-0.2, -0.15) is 0 Å². The average molecular weight is 166 g/mol. The molecule has 0 radical (unpaired) electrons. The van der Waals surface area contributed by atoms with E-state index in [1.54, 1.807) is 6.92 Å². The second-order valence-corrected chi connectivity index (χ2v) is 2.44. The van der Waals surface area contributed by atoms with E-state index >= 15 is 0 Å². The smallest absolute Gasteiger partial charge is 1.00 e. The Morgan fingerprint density at radius 1 is 1.44 bits per heavy atom. The fraction of sp³-hybridized carbons (Fsp3) is 1.00. The van der Waals surface area contributed by atoms with Gasteiger partial charge in [0.25, 0.3) is 0 Å². The maximum absolute atomic E-state index is 8.05. The molecule has 0 bridgehead atoms. The van der Waals surface area contributed by atoms with E-state index < -0.39 is 9.05 Å². The summed E-state index contributed by atoms with van der Waals surface area (Å²) >= 11 is 0. The Labute approximate surface area is 77.9 Å². The quantitative estimate of drug-likeness (QED) is 0.357. The molecule has 0 saturated carbocycles. The van der Waals surface area contributed by atoms with E-state index in [9.17, 15) is 0 Å². The van der Waals surface area contributed by atoms with Gasteiger partial charge in [0.1, 0.15) is 0 Å². The zero-order chi connectivity index (χ0) is 5.91. The largest absolute Gasteiger partial charge is 1.00 e. The van der Waals surface area contributed by atoms with Crippen LogP contribution in [0.4, 0.5) is 0 Å². The van der Waals surface area contributed by atoms with Gasteiger partial charge in [-0.25, -0.2) is 0 Å². The molecule has 0 rings (SSSR count). The fourth-order valence-corrected chi connectivity index (χ4v) is 0.581. The monoisotopic (exact) mass is 166 g/mol. The normalized spacial score (nSPS) is 9.33. The Hall–Kier alpha value is 1.02. The molecule has 0 aliphatic carbocycles. The average Bonchev–Trinajstić information content (AvgIpc) is 1.30. The molecule has 5 N–H and O–H groups in total. The Morgan fingerprint density at radius 2 is 1.78 bits per heavy atom. The molecule has 0 saturated heterocycles. The van der Waals surface area contributed by atoms with Crippen LogP contribution in [0.3, 0.4) is 0 Å². The van der Waals surface area contributed by atoms with Crippen LogP contribution in [-0.2, 0) is 4.43 Å². The summed E-state index contributed by atoms with van der Waals surface area (Å²) in [6.07, 6.45) is 0. The van der Waals surface area contributed by atoms with Crippen molar-refractivity contribution in [2.45, 2.75) is 6.92 Å². The predicted molar refractivity (Wildman–Crippen MR) is 28.8 cm³/mol. The molecule has 7 heteroatoms. The van der Waals surface area contributed by atoms with Gasteiger partial charge >= 0.3 is 38.6 Å². The molecule has 9 heavy (non-hydrogen) atoms. The van der Waals surface area contributed by atoms with Gasteiger partial charge in [0.2, 0.25) is 0 Å². The van der Waals surface area contributed by atoms with Crippen molar-refractivity contribution < 1.29 is 55.3 Å². The minimum absolute atomic E-state index is 0. The van der Waals surface area contributed by atoms with E-state index in [-0.39, 0.29) is 43.1 Å². The molecule has 0 aromatic carbocycles. The number of rotatable bonds is 2. The molecule has 0 aliphatic rings. The van der Waals surface area contributed by atoms with E-state index in [4.69, 9.17) is 14.4 Å². The van der Waals surface area contributed by atoms with Gasteiger partial charge in [0, 0.05) is 6.61 Å². The molecule has 0 heterocycles. The van der Waals surface area contributed by atoms with Crippen molar-refractivity contribution in [1.82, 2.24) is 0 Å². The van der Waals surface area contributed by atoms with Crippen molar-refractivity contribution in [1.29, 1.82) is 0 Å². The van der Waals surface area contributed by atoms with Gasteiger partial charge in [-0.15, -0.1) is 0 Å². The molecular formula is C2H11NaO5Si. The molecule has 0 aromatic rings. The molecule has 5 nitrogen and oxygen atoms in total. The van der Waals surface area contributed by atoms with Crippen molar-refractivity contribution in [3.05, 3.63) is 0 Å². The summed E-state index contributed by atoms with van der Waals surface area (Å²) in [5, 5.41) is 0. The van der Waals surface area contributed by atoms with Crippen LogP contribution < -0.4 is 29.6 Å². The van der Waals surface area contributed by atoms with E-state index in [2.05, 4.69) is 4.43 Å². The molecule has 0 atom stereocenters. The first-order chi connectivity index (χ1) is 3.06. The Kier molecular flexibility index (Phi) is 13.1. The summed E-state index contributed by atoms with van der Waals surface area (Å²) in [6, 6.07) is 0. The molecule has 54 valence electrons. The van der Waals surface area contributed by atoms with Crippen molar-refractivity contribution >= 4 is 9.05 Å². The maximum Gasteiger partial charge on any atom is 1.00 e. The minimum Gasteiger partial charge on any atom is -1.00 e. The van der Waals surface area contributed by atoms with Gasteiger partial charge in [0.05, 0.1) is 0 Å². The Balaban J connectivity index is -0.0000000600. The molecular weight excluding hydrogens is 155 g/mol. The van der Waals surface area contributed by atoms with Crippen molar-refractivity contribution in [3.8, 4) is 0 Å². The number of hydrogen-bond acceptors (Lipinski definition) is 4. The Bertz CT molecular complexity index is 58.1. The maximum atomic E-state index is 8.05. The van der Waals surface area contributed by atoms with Crippen LogP contribution in [0.2, 0.25) is 0 Å². The first-order valence-corrected chi connectivity index (χ1v) is 3.62. The van der Waals surface area contributed by atoms with Crippen LogP contribution in [0.25, 0.3) is 0 Å². The third-order valence-electron chi connectivity index (χ3n) is 0.338. The van der Waals surface area contributed by atoms with Crippen molar-refractivity contribution in [2.75, 3.05) is 6.61 Å². The molecule has 0 unspecified atom stereocenters. The zero-order valence-corrected chi connectivity index (χ0v) is 8.46. The van der Waals surface area contributed by atoms with E-state index in [1.165, 1.54) is 0 Å². The SMILES string of the molecule is CCO[Si](O)(O)O.O.[H-].[Na+]. The zero-order valence-electron chi connectivity index (χ0n) is 6.46. The predicted octanol–water partition coefficient (Wildman–Crippen LogP) is -5.27. The van der Waals surface area contributed by atoms with Crippen LogP contribution in [-0.4, -0.2) is 35.5 Å². The van der Waals surface area contributed by atoms with E-state index in [1.807, 2.05) is 0 Å². The standard InChI is InChI=1S/C2H8O4Si.Na.H2O.H/c1-2-6-7(3,4)5;;;/h3-5H,2H2,1H3;;1H2;/q;+1;;-1. The first-order valence-electron chi connectivity index (χ1n) is 1.87. The van der Waals surface area contributed by atoms with Crippen LogP contribution in [0, 0.1) is 0 Å². The molecule has 0 spiro atoms. The van der Waals surface area contributed by atoms with Crippen molar-refractivity contribution in [3.63, 3.8) is 0 Å². The molecule has 0 amide bonds. The molecule has 0 aliphatic heterocycles. The van der Waals surface area contributed by atoms with Crippen molar-refractivity contribution in [2.24, 2.45) is 0 Å². The summed E-state index contributed by atoms with van der Waals surface area (Å²) in [4.78, 5) is 24.1. The summed E-state index contributed by atoms with van der Waals surface area (Å²) in [7, 11) is -4.16. The van der Waals surface area contributed by atoms with Crippen LogP contribution >= 0.6 is 0 Å². The summed E-state index contributed by atoms with van der Waals surface area (Å²) in [5.74, 6) is 0. The van der Waals surface area contributed by atoms with Crippen LogP contribution in [0.5, 0.6) is 0 Å². The van der Waals surface area contributed by atoms with E-state index in [0.29, 0.717) is 0 Å². The third kappa shape index (κ3) is 17.6. The first kappa shape index (κ1) is 16.5. The fourth-order valence-electron chi connectivity index (χ4n) is 0.194. The molecule has 0 aromatic heterocycles. The third-order valence-corrected chi connectivity index (χ3v) is 1.01.